The molecule has 1 aliphatic rings. The van der Waals surface area contributed by atoms with Crippen LogP contribution < -0.4 is 0 Å². The average Bonchev–Trinajstić information content (AvgIpc) is 3.22. The van der Waals surface area contributed by atoms with Crippen LogP contribution >= 0.6 is 0 Å². The second kappa shape index (κ2) is 9.88. The van der Waals surface area contributed by atoms with Crippen molar-refractivity contribution in [1.82, 2.24) is 0 Å². The maximum absolute atomic E-state index is 12.8. The predicted molar refractivity (Wildman–Crippen MR) is 153 cm³/mol. The Balaban J connectivity index is 1.63. The minimum atomic E-state index is -0.918. The Morgan fingerprint density at radius 3 is 1.54 bits per heavy atom. The number of benzene rings is 5. The zero-order chi connectivity index (χ0) is 27.0. The molecule has 1 aliphatic carbocycles. The molecule has 4 nitrogen and oxygen atoms in total. The highest BCUT2D eigenvalue weighted by Crippen LogP contribution is 2.57. The van der Waals surface area contributed by atoms with Gasteiger partial charge in [0.25, 0.3) is 0 Å². The second-order valence-electron chi connectivity index (χ2n) is 10.4. The van der Waals surface area contributed by atoms with E-state index in [0.29, 0.717) is 11.1 Å². The van der Waals surface area contributed by atoms with Gasteiger partial charge in [0, 0.05) is 5.41 Å². The molecule has 0 heterocycles. The van der Waals surface area contributed by atoms with Crippen molar-refractivity contribution in [3.63, 3.8) is 0 Å². The van der Waals surface area contributed by atoms with Gasteiger partial charge in [-0.1, -0.05) is 109 Å². The minimum absolute atomic E-state index is 0.241. The molecule has 2 atom stereocenters. The van der Waals surface area contributed by atoms with Crippen LogP contribution in [-0.4, -0.2) is 22.2 Å². The van der Waals surface area contributed by atoms with Gasteiger partial charge < -0.3 is 10.2 Å². The van der Waals surface area contributed by atoms with Gasteiger partial charge in [0.2, 0.25) is 0 Å². The van der Waals surface area contributed by atoms with Crippen molar-refractivity contribution < 1.29 is 19.8 Å². The standard InChI is InChI=1S/C35H28O4/c36-33(37)29(23-11-3-1-4-12-23)21-35(22-30(34(38)39)24-13-5-2-6-14-24)31-18-10-9-17-27(31)28-19-25-15-7-8-16-26(25)20-32(28)35/h1-20,29-30H,21-22H2,(H,36,37)(H,38,39). The molecular formula is C35H28O4. The first-order chi connectivity index (χ1) is 19.0. The van der Waals surface area contributed by atoms with Gasteiger partial charge in [-0.2, -0.15) is 0 Å². The third-order valence-electron chi connectivity index (χ3n) is 8.24. The molecule has 192 valence electrons. The van der Waals surface area contributed by atoms with E-state index < -0.39 is 29.2 Å². The first-order valence-corrected chi connectivity index (χ1v) is 13.2. The van der Waals surface area contributed by atoms with Crippen molar-refractivity contribution in [2.45, 2.75) is 30.1 Å². The second-order valence-corrected chi connectivity index (χ2v) is 10.4. The van der Waals surface area contributed by atoms with Crippen LogP contribution in [-0.2, 0) is 15.0 Å². The summed E-state index contributed by atoms with van der Waals surface area (Å²) in [6, 6.07) is 39.1. The molecule has 0 aromatic heterocycles. The molecule has 0 saturated carbocycles. The number of fused-ring (bicyclic) bond motifs is 4. The molecule has 5 aromatic rings. The van der Waals surface area contributed by atoms with E-state index in [9.17, 15) is 19.8 Å². The lowest BCUT2D eigenvalue weighted by atomic mass is 9.65. The quantitative estimate of drug-likeness (QED) is 0.224. The topological polar surface area (TPSA) is 74.6 Å². The third-order valence-corrected chi connectivity index (χ3v) is 8.24. The molecule has 0 fully saturated rings. The maximum atomic E-state index is 12.8. The summed E-state index contributed by atoms with van der Waals surface area (Å²) >= 11 is 0. The van der Waals surface area contributed by atoms with Gasteiger partial charge in [0.15, 0.2) is 0 Å². The number of aliphatic carboxylic acids is 2. The summed E-state index contributed by atoms with van der Waals surface area (Å²) in [5.41, 5.74) is 4.64. The number of hydrogen-bond acceptors (Lipinski definition) is 2. The van der Waals surface area contributed by atoms with Crippen molar-refractivity contribution in [1.29, 1.82) is 0 Å². The van der Waals surface area contributed by atoms with Crippen LogP contribution in [0.25, 0.3) is 21.9 Å². The van der Waals surface area contributed by atoms with Gasteiger partial charge in [-0.25, -0.2) is 0 Å². The van der Waals surface area contributed by atoms with Crippen LogP contribution in [0, 0.1) is 0 Å². The zero-order valence-corrected chi connectivity index (χ0v) is 21.3. The summed E-state index contributed by atoms with van der Waals surface area (Å²) in [6.45, 7) is 0. The van der Waals surface area contributed by atoms with Gasteiger partial charge in [-0.15, -0.1) is 0 Å². The lowest BCUT2D eigenvalue weighted by Gasteiger charge is -2.37. The molecule has 6 rings (SSSR count). The maximum Gasteiger partial charge on any atom is 0.311 e. The number of carboxylic acids is 2. The molecule has 2 N–H and O–H groups in total. The van der Waals surface area contributed by atoms with E-state index >= 15 is 0 Å². The average molecular weight is 513 g/mol. The number of carbonyl (C=O) groups is 2. The Morgan fingerprint density at radius 1 is 0.538 bits per heavy atom. The van der Waals surface area contributed by atoms with Crippen LogP contribution in [0.4, 0.5) is 0 Å². The minimum Gasteiger partial charge on any atom is -0.481 e. The predicted octanol–water partition coefficient (Wildman–Crippen LogP) is 7.62. The Bertz CT molecular complexity index is 1610. The fourth-order valence-corrected chi connectivity index (χ4v) is 6.43. The van der Waals surface area contributed by atoms with E-state index in [-0.39, 0.29) is 12.8 Å². The fourth-order valence-electron chi connectivity index (χ4n) is 6.43. The number of hydrogen-bond donors (Lipinski definition) is 2. The van der Waals surface area contributed by atoms with Crippen LogP contribution in [0.2, 0.25) is 0 Å². The van der Waals surface area contributed by atoms with E-state index in [0.717, 1.165) is 33.0 Å². The Labute approximate surface area is 227 Å². The highest BCUT2D eigenvalue weighted by atomic mass is 16.4. The van der Waals surface area contributed by atoms with Gasteiger partial charge in [0.1, 0.15) is 0 Å². The van der Waals surface area contributed by atoms with Crippen molar-refractivity contribution in [3.05, 3.63) is 144 Å². The molecular weight excluding hydrogens is 484 g/mol. The molecule has 2 unspecified atom stereocenters. The normalized spacial score (nSPS) is 17.2. The van der Waals surface area contributed by atoms with Crippen LogP contribution in [0.1, 0.15) is 46.9 Å². The van der Waals surface area contributed by atoms with E-state index in [2.05, 4.69) is 30.3 Å². The SMILES string of the molecule is O=C(O)C(CC1(CC(C(=O)O)c2ccccc2)c2ccccc2-c2cc3ccccc3cc21)c1ccccc1. The summed E-state index contributed by atoms with van der Waals surface area (Å²) in [6.07, 6.45) is 0.483. The van der Waals surface area contributed by atoms with Crippen molar-refractivity contribution >= 4 is 22.7 Å². The van der Waals surface area contributed by atoms with E-state index in [1.165, 1.54) is 0 Å². The summed E-state index contributed by atoms with van der Waals surface area (Å²) < 4.78 is 0. The largest absolute Gasteiger partial charge is 0.481 e. The monoisotopic (exact) mass is 512 g/mol. The molecule has 5 aromatic carbocycles. The smallest absolute Gasteiger partial charge is 0.311 e. The molecule has 0 radical (unpaired) electrons. The number of rotatable bonds is 8. The fraction of sp³-hybridized carbons (Fsp3) is 0.143. The lowest BCUT2D eigenvalue weighted by molar-refractivity contribution is -0.139. The van der Waals surface area contributed by atoms with Crippen molar-refractivity contribution in [3.8, 4) is 11.1 Å². The highest BCUT2D eigenvalue weighted by molar-refractivity contribution is 5.94. The van der Waals surface area contributed by atoms with Crippen molar-refractivity contribution in [2.75, 3.05) is 0 Å². The van der Waals surface area contributed by atoms with Crippen molar-refractivity contribution in [2.24, 2.45) is 0 Å². The molecule has 0 saturated heterocycles. The van der Waals surface area contributed by atoms with Crippen LogP contribution in [0.3, 0.4) is 0 Å². The number of carboxylic acid groups (broad SMARTS) is 2. The molecule has 0 aliphatic heterocycles. The summed E-state index contributed by atoms with van der Waals surface area (Å²) in [5.74, 6) is -3.47. The molecule has 39 heavy (non-hydrogen) atoms. The summed E-state index contributed by atoms with van der Waals surface area (Å²) in [5, 5.41) is 23.2. The molecule has 4 heteroatoms. The molecule has 0 amide bonds. The van der Waals surface area contributed by atoms with Crippen LogP contribution in [0.15, 0.2) is 121 Å². The molecule has 0 bridgehead atoms. The van der Waals surface area contributed by atoms with Crippen LogP contribution in [0.5, 0.6) is 0 Å². The first kappa shape index (κ1) is 24.6. The molecule has 0 spiro atoms. The van der Waals surface area contributed by atoms with Gasteiger partial charge in [-0.05, 0) is 69.1 Å². The Kier molecular flexibility index (Phi) is 6.24. The van der Waals surface area contributed by atoms with E-state index in [1.807, 2.05) is 91.0 Å². The first-order valence-electron chi connectivity index (χ1n) is 13.2. The highest BCUT2D eigenvalue weighted by Gasteiger charge is 2.48. The summed E-state index contributed by atoms with van der Waals surface area (Å²) in [4.78, 5) is 25.7. The lowest BCUT2D eigenvalue weighted by Crippen LogP contribution is -2.34. The van der Waals surface area contributed by atoms with E-state index in [1.54, 1.807) is 0 Å². The summed E-state index contributed by atoms with van der Waals surface area (Å²) in [7, 11) is 0. The zero-order valence-electron chi connectivity index (χ0n) is 21.3. The van der Waals surface area contributed by atoms with Gasteiger partial charge in [0.05, 0.1) is 11.8 Å². The Morgan fingerprint density at radius 2 is 1.00 bits per heavy atom. The third kappa shape index (κ3) is 4.28. The van der Waals surface area contributed by atoms with Gasteiger partial charge >= 0.3 is 11.9 Å². The van der Waals surface area contributed by atoms with Gasteiger partial charge in [-0.3, -0.25) is 9.59 Å². The Hall–Kier alpha value is -4.70. The van der Waals surface area contributed by atoms with E-state index in [4.69, 9.17) is 0 Å².